The molecule has 2 heterocycles. The van der Waals surface area contributed by atoms with Gasteiger partial charge in [0.1, 0.15) is 6.26 Å². The van der Waals surface area contributed by atoms with Crippen LogP contribution in [-0.2, 0) is 6.54 Å². The second kappa shape index (κ2) is 4.90. The molecule has 0 saturated carbocycles. The third kappa shape index (κ3) is 2.53. The molecule has 3 aromatic rings. The average Bonchev–Trinajstić information content (AvgIpc) is 3.00. The molecule has 4 nitrogen and oxygen atoms in total. The van der Waals surface area contributed by atoms with Gasteiger partial charge in [-0.15, -0.1) is 0 Å². The lowest BCUT2D eigenvalue weighted by atomic mass is 10.2. The Morgan fingerprint density at radius 3 is 2.89 bits per heavy atom. The molecular weight excluding hydrogens is 262 g/mol. The van der Waals surface area contributed by atoms with Crippen molar-refractivity contribution < 1.29 is 4.42 Å². The van der Waals surface area contributed by atoms with Crippen LogP contribution in [0.5, 0.6) is 0 Å². The summed E-state index contributed by atoms with van der Waals surface area (Å²) >= 11 is 6.12. The topological polar surface area (TPSA) is 43.9 Å². The molecule has 5 heteroatoms. The number of hydrogen-bond acceptors (Lipinski definition) is 3. The summed E-state index contributed by atoms with van der Waals surface area (Å²) in [5.74, 6) is 0.539. The van der Waals surface area contributed by atoms with Crippen LogP contribution < -0.4 is 0 Å². The first-order chi connectivity index (χ1) is 9.22. The van der Waals surface area contributed by atoms with Crippen molar-refractivity contribution in [1.29, 1.82) is 0 Å². The van der Waals surface area contributed by atoms with Gasteiger partial charge in [0.15, 0.2) is 0 Å². The first-order valence-electron chi connectivity index (χ1n) is 5.90. The van der Waals surface area contributed by atoms with Crippen LogP contribution in [0.15, 0.2) is 47.5 Å². The van der Waals surface area contributed by atoms with Crippen LogP contribution in [-0.4, -0.2) is 14.5 Å². The summed E-state index contributed by atoms with van der Waals surface area (Å²) in [4.78, 5) is 8.62. The number of aromatic nitrogens is 3. The maximum absolute atomic E-state index is 6.12. The number of benzene rings is 1. The van der Waals surface area contributed by atoms with Crippen molar-refractivity contribution in [3.8, 4) is 11.5 Å². The molecule has 0 amide bonds. The van der Waals surface area contributed by atoms with E-state index in [9.17, 15) is 0 Å². The summed E-state index contributed by atoms with van der Waals surface area (Å²) in [5.41, 5.74) is 2.62. The van der Waals surface area contributed by atoms with E-state index in [0.717, 1.165) is 17.0 Å². The van der Waals surface area contributed by atoms with Crippen LogP contribution >= 0.6 is 11.6 Å². The molecule has 0 aliphatic carbocycles. The second-order valence-electron chi connectivity index (χ2n) is 4.31. The summed E-state index contributed by atoms with van der Waals surface area (Å²) in [6.07, 6.45) is 5.39. The fraction of sp³-hybridized carbons (Fsp3) is 0.143. The molecule has 1 aromatic carbocycles. The van der Waals surface area contributed by atoms with Crippen LogP contribution in [0.2, 0.25) is 5.02 Å². The summed E-state index contributed by atoms with van der Waals surface area (Å²) in [5, 5.41) is 0.634. The third-order valence-electron chi connectivity index (χ3n) is 2.76. The van der Waals surface area contributed by atoms with Gasteiger partial charge in [0.25, 0.3) is 0 Å². The van der Waals surface area contributed by atoms with Gasteiger partial charge in [0.2, 0.25) is 5.89 Å². The number of imidazole rings is 1. The molecule has 0 atom stereocenters. The molecular formula is C14H12ClN3O. The lowest BCUT2D eigenvalue weighted by Gasteiger charge is -1.98. The Morgan fingerprint density at radius 1 is 1.32 bits per heavy atom. The van der Waals surface area contributed by atoms with Crippen molar-refractivity contribution >= 4 is 11.6 Å². The highest BCUT2D eigenvalue weighted by molar-refractivity contribution is 6.33. The van der Waals surface area contributed by atoms with Crippen LogP contribution in [0, 0.1) is 6.92 Å². The molecule has 2 aromatic heterocycles. The van der Waals surface area contributed by atoms with Gasteiger partial charge < -0.3 is 8.98 Å². The minimum absolute atomic E-state index is 0.539. The molecule has 19 heavy (non-hydrogen) atoms. The minimum Gasteiger partial charge on any atom is -0.444 e. The van der Waals surface area contributed by atoms with E-state index >= 15 is 0 Å². The molecule has 0 radical (unpaired) electrons. The summed E-state index contributed by atoms with van der Waals surface area (Å²) in [6.45, 7) is 2.59. The van der Waals surface area contributed by atoms with E-state index in [1.54, 1.807) is 12.6 Å². The Morgan fingerprint density at radius 2 is 2.16 bits per heavy atom. The van der Waals surface area contributed by atoms with Gasteiger partial charge in [-0.05, 0) is 19.1 Å². The Bertz CT molecular complexity index is 702. The molecule has 3 rings (SSSR count). The smallest absolute Gasteiger partial charge is 0.227 e. The molecule has 0 unspecified atom stereocenters. The van der Waals surface area contributed by atoms with Crippen LogP contribution in [0.1, 0.15) is 11.4 Å². The average molecular weight is 274 g/mol. The zero-order valence-corrected chi connectivity index (χ0v) is 11.1. The molecule has 0 aliphatic rings. The Kier molecular flexibility index (Phi) is 3.09. The molecule has 0 fully saturated rings. The van der Waals surface area contributed by atoms with Gasteiger partial charge in [-0.1, -0.05) is 23.7 Å². The van der Waals surface area contributed by atoms with Crippen LogP contribution in [0.3, 0.4) is 0 Å². The van der Waals surface area contributed by atoms with E-state index in [1.165, 1.54) is 0 Å². The van der Waals surface area contributed by atoms with E-state index in [1.807, 2.05) is 42.0 Å². The Labute approximate surface area is 115 Å². The van der Waals surface area contributed by atoms with Crippen molar-refractivity contribution in [2.45, 2.75) is 13.5 Å². The van der Waals surface area contributed by atoms with Gasteiger partial charge in [0, 0.05) is 6.20 Å². The first-order valence-corrected chi connectivity index (χ1v) is 6.28. The highest BCUT2D eigenvalue weighted by atomic mass is 35.5. The standard InChI is InChI=1S/C14H12ClN3O/c1-10-6-18(9-16-10)7-11-8-19-14(17-11)12-4-2-3-5-13(12)15/h2-6,8-9H,7H2,1H3. The Hall–Kier alpha value is -2.07. The largest absolute Gasteiger partial charge is 0.444 e. The highest BCUT2D eigenvalue weighted by Crippen LogP contribution is 2.26. The van der Waals surface area contributed by atoms with Gasteiger partial charge in [-0.25, -0.2) is 9.97 Å². The van der Waals surface area contributed by atoms with Crippen molar-refractivity contribution in [2.75, 3.05) is 0 Å². The Balaban J connectivity index is 1.86. The monoisotopic (exact) mass is 273 g/mol. The highest BCUT2D eigenvalue weighted by Gasteiger charge is 2.10. The van der Waals surface area contributed by atoms with Gasteiger partial charge >= 0.3 is 0 Å². The first kappa shape index (κ1) is 12.0. The fourth-order valence-corrected chi connectivity index (χ4v) is 2.10. The van der Waals surface area contributed by atoms with Crippen LogP contribution in [0.25, 0.3) is 11.5 Å². The number of oxazole rings is 1. The normalized spacial score (nSPS) is 10.8. The zero-order valence-electron chi connectivity index (χ0n) is 10.4. The van der Waals surface area contributed by atoms with Crippen molar-refractivity contribution in [3.05, 3.63) is 59.5 Å². The SMILES string of the molecule is Cc1cn(Cc2coc(-c3ccccc3Cl)n2)cn1. The maximum atomic E-state index is 6.12. The molecule has 0 saturated heterocycles. The lowest BCUT2D eigenvalue weighted by molar-refractivity contribution is 0.571. The minimum atomic E-state index is 0.539. The predicted octanol–water partition coefficient (Wildman–Crippen LogP) is 3.55. The molecule has 0 aliphatic heterocycles. The third-order valence-corrected chi connectivity index (χ3v) is 3.09. The second-order valence-corrected chi connectivity index (χ2v) is 4.72. The van der Waals surface area contributed by atoms with Crippen molar-refractivity contribution in [3.63, 3.8) is 0 Å². The summed E-state index contributed by atoms with van der Waals surface area (Å²) in [6, 6.07) is 7.49. The summed E-state index contributed by atoms with van der Waals surface area (Å²) < 4.78 is 7.44. The van der Waals surface area contributed by atoms with Gasteiger partial charge in [0.05, 0.1) is 34.8 Å². The van der Waals surface area contributed by atoms with E-state index in [4.69, 9.17) is 16.0 Å². The molecule has 0 N–H and O–H groups in total. The number of hydrogen-bond donors (Lipinski definition) is 0. The van der Waals surface area contributed by atoms with E-state index in [-0.39, 0.29) is 0 Å². The van der Waals surface area contributed by atoms with Crippen molar-refractivity contribution in [2.24, 2.45) is 0 Å². The molecule has 96 valence electrons. The van der Waals surface area contributed by atoms with E-state index < -0.39 is 0 Å². The van der Waals surface area contributed by atoms with Crippen LogP contribution in [0.4, 0.5) is 0 Å². The number of aryl methyl sites for hydroxylation is 1. The van der Waals surface area contributed by atoms with Gasteiger partial charge in [-0.2, -0.15) is 0 Å². The lowest BCUT2D eigenvalue weighted by Crippen LogP contribution is -1.96. The van der Waals surface area contributed by atoms with Gasteiger partial charge in [-0.3, -0.25) is 0 Å². The number of halogens is 1. The summed E-state index contributed by atoms with van der Waals surface area (Å²) in [7, 11) is 0. The van der Waals surface area contributed by atoms with Crippen molar-refractivity contribution in [1.82, 2.24) is 14.5 Å². The number of nitrogens with zero attached hydrogens (tertiary/aromatic N) is 3. The quantitative estimate of drug-likeness (QED) is 0.733. The predicted molar refractivity (Wildman–Crippen MR) is 73.0 cm³/mol. The zero-order chi connectivity index (χ0) is 13.2. The molecule has 0 spiro atoms. The van der Waals surface area contributed by atoms with E-state index in [0.29, 0.717) is 17.5 Å². The van der Waals surface area contributed by atoms with E-state index in [2.05, 4.69) is 9.97 Å². The maximum Gasteiger partial charge on any atom is 0.227 e. The fourth-order valence-electron chi connectivity index (χ4n) is 1.88. The molecule has 0 bridgehead atoms. The number of rotatable bonds is 3.